The minimum atomic E-state index is -0.961. The van der Waals surface area contributed by atoms with E-state index in [-0.39, 0.29) is 28.8 Å². The normalized spacial score (nSPS) is 40.8. The summed E-state index contributed by atoms with van der Waals surface area (Å²) in [4.78, 5) is 21.0. The van der Waals surface area contributed by atoms with E-state index in [0.29, 0.717) is 36.3 Å². The van der Waals surface area contributed by atoms with Crippen LogP contribution in [0, 0.1) is 46.8 Å². The van der Waals surface area contributed by atoms with Crippen molar-refractivity contribution in [1.29, 1.82) is 0 Å². The van der Waals surface area contributed by atoms with Crippen molar-refractivity contribution in [2.24, 2.45) is 39.7 Å². The van der Waals surface area contributed by atoms with Crippen LogP contribution in [-0.2, 0) is 15.0 Å². The van der Waals surface area contributed by atoms with Crippen molar-refractivity contribution in [3.8, 4) is 18.1 Å². The third kappa shape index (κ3) is 5.82. The summed E-state index contributed by atoms with van der Waals surface area (Å²) in [6, 6.07) is 8.95. The molecule has 0 radical (unpaired) electrons. The van der Waals surface area contributed by atoms with Crippen LogP contribution in [0.3, 0.4) is 0 Å². The molecule has 1 saturated heterocycles. The molecule has 1 aliphatic heterocycles. The fourth-order valence-corrected chi connectivity index (χ4v) is 11.0. The largest absolute Gasteiger partial charge is 0.497 e. The molecule has 4 aliphatic carbocycles. The molecule has 256 valence electrons. The number of terminal acetylenes is 1. The summed E-state index contributed by atoms with van der Waals surface area (Å²) >= 11 is 0. The Morgan fingerprint density at radius 2 is 1.85 bits per heavy atom. The molecule has 0 unspecified atom stereocenters. The summed E-state index contributed by atoms with van der Waals surface area (Å²) in [5.41, 5.74) is 2.74. The van der Waals surface area contributed by atoms with Crippen LogP contribution in [0.4, 0.5) is 0 Å². The van der Waals surface area contributed by atoms with Crippen molar-refractivity contribution >= 4 is 11.6 Å². The average Bonchev–Trinajstić information content (AvgIpc) is 3.34. The van der Waals surface area contributed by atoms with Crippen molar-refractivity contribution in [2.75, 3.05) is 33.9 Å². The fraction of sp³-hybridized carbons (Fsp3) is 0.700. The standard InChI is InChI=1S/C40H57N3O4/c1-8-40(45)20-17-35-33-14-11-30-23-31(15-18-37(30,4)34(33)16-19-38(35,40)5)42-47-26-36(44)41-22-21-39(24-28(3)43(6)25-27(39)2)29-9-12-32(46-7)13-10-29/h1,9-10,12-13,23,27-28,33-35,45H,11,14-22,24-26H2,2-7H3,(H,41,44)/b42-31-/t27-,28-,33-,34+,35+,37+,38+,39-,40+/m1/s1. The molecular formula is C40H57N3O4. The van der Waals surface area contributed by atoms with Crippen LogP contribution < -0.4 is 10.1 Å². The van der Waals surface area contributed by atoms with Gasteiger partial charge < -0.3 is 24.9 Å². The molecule has 1 aromatic rings. The fourth-order valence-electron chi connectivity index (χ4n) is 11.0. The first-order valence-electron chi connectivity index (χ1n) is 18.1. The molecule has 1 aromatic carbocycles. The predicted octanol–water partition coefficient (Wildman–Crippen LogP) is 6.50. The first-order valence-corrected chi connectivity index (χ1v) is 18.1. The second kappa shape index (κ2) is 12.9. The number of allylic oxidation sites excluding steroid dienone is 2. The minimum Gasteiger partial charge on any atom is -0.497 e. The molecule has 0 spiro atoms. The van der Waals surface area contributed by atoms with Crippen LogP contribution >= 0.6 is 0 Å². The van der Waals surface area contributed by atoms with Gasteiger partial charge in [0, 0.05) is 30.0 Å². The highest BCUT2D eigenvalue weighted by molar-refractivity contribution is 5.96. The van der Waals surface area contributed by atoms with Gasteiger partial charge >= 0.3 is 0 Å². The molecule has 7 heteroatoms. The molecule has 0 aromatic heterocycles. The highest BCUT2D eigenvalue weighted by atomic mass is 16.6. The van der Waals surface area contributed by atoms with Crippen LogP contribution in [0.5, 0.6) is 5.75 Å². The van der Waals surface area contributed by atoms with Gasteiger partial charge in [0.1, 0.15) is 11.4 Å². The third-order valence-corrected chi connectivity index (χ3v) is 14.2. The number of aliphatic hydroxyl groups is 1. The lowest BCUT2D eigenvalue weighted by molar-refractivity contribution is -0.125. The Labute approximate surface area is 282 Å². The number of ether oxygens (including phenoxy) is 1. The van der Waals surface area contributed by atoms with Gasteiger partial charge in [0.2, 0.25) is 0 Å². The highest BCUT2D eigenvalue weighted by Crippen LogP contribution is 2.67. The maximum atomic E-state index is 12.9. The number of piperidine rings is 1. The van der Waals surface area contributed by atoms with Gasteiger partial charge in [-0.2, -0.15) is 0 Å². The van der Waals surface area contributed by atoms with Crippen molar-refractivity contribution < 1.29 is 19.5 Å². The summed E-state index contributed by atoms with van der Waals surface area (Å²) < 4.78 is 5.42. The van der Waals surface area contributed by atoms with Crippen LogP contribution in [0.2, 0.25) is 0 Å². The smallest absolute Gasteiger partial charge is 0.260 e. The summed E-state index contributed by atoms with van der Waals surface area (Å²) in [7, 11) is 3.90. The molecule has 1 heterocycles. The zero-order valence-corrected chi connectivity index (χ0v) is 29.6. The van der Waals surface area contributed by atoms with Gasteiger partial charge in [-0.1, -0.05) is 49.6 Å². The number of amides is 1. The number of hydrogen-bond donors (Lipinski definition) is 2. The predicted molar refractivity (Wildman–Crippen MR) is 187 cm³/mol. The Kier molecular flexibility index (Phi) is 9.35. The number of likely N-dealkylation sites (tertiary alicyclic amines) is 1. The Morgan fingerprint density at radius 3 is 2.57 bits per heavy atom. The number of benzene rings is 1. The third-order valence-electron chi connectivity index (χ3n) is 14.2. The van der Waals surface area contributed by atoms with Crippen LogP contribution in [0.15, 0.2) is 41.1 Å². The summed E-state index contributed by atoms with van der Waals surface area (Å²) in [6.45, 7) is 10.9. The van der Waals surface area contributed by atoms with Crippen molar-refractivity contribution in [2.45, 2.75) is 109 Å². The molecule has 4 fully saturated rings. The molecule has 6 rings (SSSR count). The van der Waals surface area contributed by atoms with Crippen LogP contribution in [-0.4, -0.2) is 67.1 Å². The SMILES string of the molecule is C#C[C@]1(O)CC[C@H]2[C@@H]3CCC4=C/C(=N\OCC(=O)NCC[C@@]5(c6ccc(OC)cc6)C[C@@H](C)N(C)C[C@H]5C)CC[C@]4(C)[C@H]3CC[C@@]21C. The second-order valence-corrected chi connectivity index (χ2v) is 16.2. The van der Waals surface area contributed by atoms with Gasteiger partial charge in [0.05, 0.1) is 12.8 Å². The van der Waals surface area contributed by atoms with E-state index in [2.05, 4.69) is 74.2 Å². The van der Waals surface area contributed by atoms with E-state index in [0.717, 1.165) is 82.2 Å². The quantitative estimate of drug-likeness (QED) is 0.250. The molecule has 0 bridgehead atoms. The Hall–Kier alpha value is -2.82. The van der Waals surface area contributed by atoms with E-state index in [4.69, 9.17) is 16.0 Å². The van der Waals surface area contributed by atoms with Gasteiger partial charge in [-0.15, -0.1) is 6.42 Å². The summed E-state index contributed by atoms with van der Waals surface area (Å²) in [6.07, 6.45) is 18.0. The maximum Gasteiger partial charge on any atom is 0.260 e. The molecule has 7 nitrogen and oxygen atoms in total. The molecule has 3 saturated carbocycles. The van der Waals surface area contributed by atoms with Crippen molar-refractivity contribution in [3.63, 3.8) is 0 Å². The van der Waals surface area contributed by atoms with Gasteiger partial charge in [0.25, 0.3) is 5.91 Å². The number of oxime groups is 1. The minimum absolute atomic E-state index is 0.0241. The van der Waals surface area contributed by atoms with Gasteiger partial charge in [0.15, 0.2) is 6.61 Å². The first-order chi connectivity index (χ1) is 22.4. The van der Waals surface area contributed by atoms with E-state index in [1.165, 1.54) is 11.1 Å². The number of carbonyl (C=O) groups is 1. The number of methoxy groups -OCH3 is 1. The van der Waals surface area contributed by atoms with Crippen molar-refractivity contribution in [1.82, 2.24) is 10.2 Å². The average molecular weight is 644 g/mol. The Balaban J connectivity index is 1.04. The Morgan fingerprint density at radius 1 is 1.11 bits per heavy atom. The molecule has 1 amide bonds. The lowest BCUT2D eigenvalue weighted by Gasteiger charge is -2.58. The van der Waals surface area contributed by atoms with Gasteiger partial charge in [-0.25, -0.2) is 0 Å². The molecule has 5 aliphatic rings. The number of rotatable bonds is 8. The monoisotopic (exact) mass is 643 g/mol. The summed E-state index contributed by atoms with van der Waals surface area (Å²) in [5.74, 6) is 5.70. The molecule has 47 heavy (non-hydrogen) atoms. The van der Waals surface area contributed by atoms with Crippen LogP contribution in [0.25, 0.3) is 0 Å². The van der Waals surface area contributed by atoms with Crippen LogP contribution in [0.1, 0.15) is 97.5 Å². The molecule has 9 atom stereocenters. The highest BCUT2D eigenvalue weighted by Gasteiger charge is 2.63. The number of carbonyl (C=O) groups excluding carboxylic acids is 1. The molecular weight excluding hydrogens is 586 g/mol. The van der Waals surface area contributed by atoms with Gasteiger partial charge in [-0.05, 0) is 131 Å². The van der Waals surface area contributed by atoms with E-state index >= 15 is 0 Å². The topological polar surface area (TPSA) is 83.4 Å². The lowest BCUT2D eigenvalue weighted by atomic mass is 9.46. The zero-order valence-electron chi connectivity index (χ0n) is 29.6. The zero-order chi connectivity index (χ0) is 33.6. The van der Waals surface area contributed by atoms with Gasteiger partial charge in [-0.3, -0.25) is 4.79 Å². The Bertz CT molecular complexity index is 1430. The van der Waals surface area contributed by atoms with Crippen molar-refractivity contribution in [3.05, 3.63) is 41.5 Å². The summed E-state index contributed by atoms with van der Waals surface area (Å²) in [5, 5.41) is 18.9. The first kappa shape index (κ1) is 34.1. The number of nitrogens with zero attached hydrogens (tertiary/aromatic N) is 2. The van der Waals surface area contributed by atoms with E-state index in [1.54, 1.807) is 7.11 Å². The lowest BCUT2D eigenvalue weighted by Crippen LogP contribution is -2.54. The van der Waals surface area contributed by atoms with E-state index in [9.17, 15) is 9.90 Å². The van der Waals surface area contributed by atoms with E-state index < -0.39 is 5.60 Å². The second-order valence-electron chi connectivity index (χ2n) is 16.2. The molecule has 2 N–H and O–H groups in total. The van der Waals surface area contributed by atoms with E-state index in [1.807, 2.05) is 12.1 Å². The number of hydrogen-bond acceptors (Lipinski definition) is 6. The number of fused-ring (bicyclic) bond motifs is 5. The number of nitrogens with one attached hydrogen (secondary N) is 1. The maximum absolute atomic E-state index is 12.9.